The number of aryl methyl sites for hydroxylation is 1. The van der Waals surface area contributed by atoms with Crippen LogP contribution in [-0.4, -0.2) is 22.8 Å². The van der Waals surface area contributed by atoms with Gasteiger partial charge in [-0.05, 0) is 69.4 Å². The number of nitro groups is 1. The molecule has 3 aromatic carbocycles. The predicted molar refractivity (Wildman–Crippen MR) is 141 cm³/mol. The van der Waals surface area contributed by atoms with Crippen LogP contribution in [0.15, 0.2) is 70.7 Å². The van der Waals surface area contributed by atoms with Crippen LogP contribution in [0.1, 0.15) is 23.6 Å². The van der Waals surface area contributed by atoms with E-state index in [2.05, 4.69) is 21.2 Å². The van der Waals surface area contributed by atoms with Gasteiger partial charge >= 0.3 is 6.03 Å². The van der Waals surface area contributed by atoms with Crippen molar-refractivity contribution >= 4 is 62.8 Å². The zero-order valence-electron chi connectivity index (χ0n) is 19.4. The second-order valence-corrected chi connectivity index (χ2v) is 9.27. The first kappa shape index (κ1) is 26.1. The molecule has 0 aliphatic carbocycles. The average molecular weight is 585 g/mol. The van der Waals surface area contributed by atoms with Crippen LogP contribution in [-0.2, 0) is 22.6 Å². The Balaban J connectivity index is 1.58. The van der Waals surface area contributed by atoms with Crippen LogP contribution in [0.25, 0.3) is 6.08 Å². The molecule has 1 heterocycles. The number of amides is 4. The molecular formula is C26H19BrClN3O6. The lowest BCUT2D eigenvalue weighted by Gasteiger charge is -2.26. The van der Waals surface area contributed by atoms with Crippen molar-refractivity contribution in [3.8, 4) is 5.75 Å². The Morgan fingerprint density at radius 2 is 1.81 bits per heavy atom. The molecule has 3 aromatic rings. The Labute approximate surface area is 225 Å². The molecule has 37 heavy (non-hydrogen) atoms. The molecule has 0 saturated carbocycles. The fourth-order valence-corrected chi connectivity index (χ4v) is 4.64. The van der Waals surface area contributed by atoms with Crippen molar-refractivity contribution < 1.29 is 24.0 Å². The molecule has 1 fully saturated rings. The number of non-ortho nitro benzene ring substituents is 1. The molecule has 0 spiro atoms. The fraction of sp³-hybridized carbons (Fsp3) is 0.115. The van der Waals surface area contributed by atoms with Gasteiger partial charge in [-0.2, -0.15) is 0 Å². The van der Waals surface area contributed by atoms with E-state index in [4.69, 9.17) is 16.3 Å². The van der Waals surface area contributed by atoms with E-state index >= 15 is 0 Å². The number of benzene rings is 3. The third-order valence-electron chi connectivity index (χ3n) is 5.54. The summed E-state index contributed by atoms with van der Waals surface area (Å²) in [5.41, 5.74) is 2.05. The summed E-state index contributed by atoms with van der Waals surface area (Å²) in [4.78, 5) is 49.5. The summed E-state index contributed by atoms with van der Waals surface area (Å²) in [5.74, 6) is -1.31. The number of carbonyl (C=O) groups excluding carboxylic acids is 3. The number of nitrogens with one attached hydrogen (secondary N) is 1. The number of ether oxygens (including phenoxy) is 1. The van der Waals surface area contributed by atoms with Gasteiger partial charge in [0.2, 0.25) is 0 Å². The Morgan fingerprint density at radius 1 is 1.08 bits per heavy atom. The molecule has 4 rings (SSSR count). The number of hydrogen-bond acceptors (Lipinski definition) is 6. The monoisotopic (exact) mass is 583 g/mol. The zero-order valence-corrected chi connectivity index (χ0v) is 21.7. The van der Waals surface area contributed by atoms with Crippen molar-refractivity contribution in [1.82, 2.24) is 5.32 Å². The molecule has 4 amide bonds. The van der Waals surface area contributed by atoms with Crippen LogP contribution in [0, 0.1) is 10.1 Å². The molecular weight excluding hydrogens is 566 g/mol. The molecule has 1 aliphatic heterocycles. The van der Waals surface area contributed by atoms with Gasteiger partial charge in [-0.3, -0.25) is 25.0 Å². The summed E-state index contributed by atoms with van der Waals surface area (Å²) in [6.07, 6.45) is 2.13. The minimum atomic E-state index is -0.833. The molecule has 188 valence electrons. The van der Waals surface area contributed by atoms with Crippen LogP contribution < -0.4 is 15.0 Å². The quantitative estimate of drug-likeness (QED) is 0.162. The maximum Gasteiger partial charge on any atom is 0.335 e. The lowest BCUT2D eigenvalue weighted by Crippen LogP contribution is -2.54. The SMILES string of the molecule is CCc1ccc(N2C(=O)NC(=O)/C(=C/c3cc(Cl)c(OCc4cccc([N+](=O)[O-])c4)c(Br)c3)C2=O)cc1. The predicted octanol–water partition coefficient (Wildman–Crippen LogP) is 5.82. The number of rotatable bonds is 7. The van der Waals surface area contributed by atoms with Crippen LogP contribution in [0.3, 0.4) is 0 Å². The van der Waals surface area contributed by atoms with Gasteiger partial charge in [0.15, 0.2) is 5.75 Å². The number of urea groups is 1. The van der Waals surface area contributed by atoms with Crippen molar-refractivity contribution in [2.75, 3.05) is 4.90 Å². The number of hydrogen-bond donors (Lipinski definition) is 1. The maximum absolute atomic E-state index is 13.1. The number of nitro benzene ring substituents is 1. The standard InChI is InChI=1S/C26H19BrClN3O6/c1-2-15-6-8-18(9-7-15)30-25(33)20(24(32)29-26(30)34)11-17-12-21(27)23(22(28)13-17)37-14-16-4-3-5-19(10-16)31(35)36/h3-13H,2,14H2,1H3,(H,29,32,34)/b20-11-. The second-order valence-electron chi connectivity index (χ2n) is 8.01. The lowest BCUT2D eigenvalue weighted by molar-refractivity contribution is -0.384. The van der Waals surface area contributed by atoms with Gasteiger partial charge in [0, 0.05) is 12.1 Å². The molecule has 0 atom stereocenters. The van der Waals surface area contributed by atoms with Gasteiger partial charge in [0.25, 0.3) is 17.5 Å². The molecule has 0 unspecified atom stereocenters. The summed E-state index contributed by atoms with van der Waals surface area (Å²) in [6.45, 7) is 2.01. The van der Waals surface area contributed by atoms with E-state index < -0.39 is 22.8 Å². The smallest absolute Gasteiger partial charge is 0.335 e. The third kappa shape index (κ3) is 5.71. The minimum Gasteiger partial charge on any atom is -0.486 e. The van der Waals surface area contributed by atoms with Crippen molar-refractivity contribution in [3.05, 3.63) is 103 Å². The summed E-state index contributed by atoms with van der Waals surface area (Å²) < 4.78 is 6.20. The van der Waals surface area contributed by atoms with E-state index in [9.17, 15) is 24.5 Å². The number of anilines is 1. The first-order chi connectivity index (χ1) is 17.7. The molecule has 0 bridgehead atoms. The van der Waals surface area contributed by atoms with E-state index in [1.165, 1.54) is 24.3 Å². The van der Waals surface area contributed by atoms with E-state index in [0.717, 1.165) is 16.9 Å². The Morgan fingerprint density at radius 3 is 2.46 bits per heavy atom. The van der Waals surface area contributed by atoms with Crippen molar-refractivity contribution in [2.24, 2.45) is 0 Å². The normalized spacial score (nSPS) is 14.6. The minimum absolute atomic E-state index is 0.0230. The summed E-state index contributed by atoms with van der Waals surface area (Å²) in [6, 6.07) is 15.2. The number of halogens is 2. The highest BCUT2D eigenvalue weighted by atomic mass is 79.9. The Kier molecular flexibility index (Phi) is 7.70. The van der Waals surface area contributed by atoms with Crippen LogP contribution >= 0.6 is 27.5 Å². The zero-order chi connectivity index (χ0) is 26.7. The molecule has 0 aromatic heterocycles. The van der Waals surface area contributed by atoms with E-state index in [-0.39, 0.29) is 28.6 Å². The van der Waals surface area contributed by atoms with Gasteiger partial charge in [-0.25, -0.2) is 9.69 Å². The van der Waals surface area contributed by atoms with Crippen molar-refractivity contribution in [1.29, 1.82) is 0 Å². The van der Waals surface area contributed by atoms with Gasteiger partial charge in [0.1, 0.15) is 12.2 Å². The van der Waals surface area contributed by atoms with Crippen molar-refractivity contribution in [3.63, 3.8) is 0 Å². The first-order valence-electron chi connectivity index (χ1n) is 11.0. The topological polar surface area (TPSA) is 119 Å². The Hall–Kier alpha value is -4.02. The van der Waals surface area contributed by atoms with Gasteiger partial charge in [-0.1, -0.05) is 42.8 Å². The highest BCUT2D eigenvalue weighted by molar-refractivity contribution is 9.10. The summed E-state index contributed by atoms with van der Waals surface area (Å²) in [5, 5.41) is 13.4. The third-order valence-corrected chi connectivity index (χ3v) is 6.41. The van der Waals surface area contributed by atoms with Crippen LogP contribution in [0.4, 0.5) is 16.2 Å². The summed E-state index contributed by atoms with van der Waals surface area (Å²) in [7, 11) is 0. The lowest BCUT2D eigenvalue weighted by atomic mass is 10.1. The molecule has 1 N–H and O–H groups in total. The van der Waals surface area contributed by atoms with E-state index in [1.807, 2.05) is 6.92 Å². The highest BCUT2D eigenvalue weighted by Crippen LogP contribution is 2.36. The average Bonchev–Trinajstić information content (AvgIpc) is 2.86. The number of nitrogens with zero attached hydrogens (tertiary/aromatic N) is 2. The van der Waals surface area contributed by atoms with E-state index in [1.54, 1.807) is 42.5 Å². The summed E-state index contributed by atoms with van der Waals surface area (Å²) >= 11 is 9.79. The Bertz CT molecular complexity index is 1430. The number of carbonyl (C=O) groups is 3. The van der Waals surface area contributed by atoms with Gasteiger partial charge in [-0.15, -0.1) is 0 Å². The van der Waals surface area contributed by atoms with Gasteiger partial charge in [0.05, 0.1) is 20.1 Å². The molecule has 9 nitrogen and oxygen atoms in total. The first-order valence-corrected chi connectivity index (χ1v) is 12.2. The number of imide groups is 2. The van der Waals surface area contributed by atoms with E-state index in [0.29, 0.717) is 21.3 Å². The molecule has 0 radical (unpaired) electrons. The molecule has 1 aliphatic rings. The highest BCUT2D eigenvalue weighted by Gasteiger charge is 2.36. The molecule has 1 saturated heterocycles. The largest absolute Gasteiger partial charge is 0.486 e. The fourth-order valence-electron chi connectivity index (χ4n) is 3.66. The second kappa shape index (κ2) is 10.9. The molecule has 11 heteroatoms. The van der Waals surface area contributed by atoms with Gasteiger partial charge < -0.3 is 4.74 Å². The van der Waals surface area contributed by atoms with Crippen LogP contribution in [0.5, 0.6) is 5.75 Å². The van der Waals surface area contributed by atoms with Crippen molar-refractivity contribution in [2.45, 2.75) is 20.0 Å². The van der Waals surface area contributed by atoms with Crippen LogP contribution in [0.2, 0.25) is 5.02 Å². The maximum atomic E-state index is 13.1. The number of barbiturate groups is 1.